The van der Waals surface area contributed by atoms with Crippen molar-refractivity contribution in [3.63, 3.8) is 0 Å². The van der Waals surface area contributed by atoms with Crippen LogP contribution >= 0.6 is 11.6 Å². The Morgan fingerprint density at radius 2 is 1.77 bits per heavy atom. The van der Waals surface area contributed by atoms with Crippen LogP contribution in [0.25, 0.3) is 11.0 Å². The van der Waals surface area contributed by atoms with Gasteiger partial charge in [0, 0.05) is 6.54 Å². The van der Waals surface area contributed by atoms with E-state index in [0.717, 1.165) is 41.1 Å². The molecule has 0 aliphatic carbocycles. The Labute approximate surface area is 186 Å². The van der Waals surface area contributed by atoms with E-state index in [-0.39, 0.29) is 5.91 Å². The van der Waals surface area contributed by atoms with Crippen molar-refractivity contribution in [1.82, 2.24) is 14.9 Å². The Bertz CT molecular complexity index is 1200. The third-order valence-electron chi connectivity index (χ3n) is 5.14. The summed E-state index contributed by atoms with van der Waals surface area (Å²) in [5.74, 6) is 1.50. The number of carbonyl (C=O) groups is 1. The molecule has 0 unspecified atom stereocenters. The van der Waals surface area contributed by atoms with E-state index in [1.165, 1.54) is 0 Å². The molecule has 158 valence electrons. The standard InChI is InChI=1S/C25H24ClN3O2/c1-18-9-2-7-14-23(18)31-16-8-15-29-22-13-6-5-12-21(22)28-24(29)17-27-25(30)19-10-3-4-11-20(19)26/h2-7,9-14H,8,15-17H2,1H3,(H,27,30). The summed E-state index contributed by atoms with van der Waals surface area (Å²) in [5.41, 5.74) is 3.53. The Morgan fingerprint density at radius 1 is 1.03 bits per heavy atom. The molecule has 1 N–H and O–H groups in total. The van der Waals surface area contributed by atoms with Gasteiger partial charge in [-0.1, -0.05) is 54.1 Å². The number of aryl methyl sites for hydroxylation is 2. The minimum Gasteiger partial charge on any atom is -0.493 e. The number of aromatic nitrogens is 2. The second kappa shape index (κ2) is 9.67. The molecular formula is C25H24ClN3O2. The normalized spacial score (nSPS) is 10.9. The van der Waals surface area contributed by atoms with Gasteiger partial charge in [-0.25, -0.2) is 4.98 Å². The Morgan fingerprint density at radius 3 is 2.61 bits per heavy atom. The summed E-state index contributed by atoms with van der Waals surface area (Å²) >= 11 is 6.15. The largest absolute Gasteiger partial charge is 0.493 e. The number of nitrogens with one attached hydrogen (secondary N) is 1. The quantitative estimate of drug-likeness (QED) is 0.378. The number of amides is 1. The first-order valence-corrected chi connectivity index (χ1v) is 10.7. The predicted molar refractivity (Wildman–Crippen MR) is 124 cm³/mol. The van der Waals surface area contributed by atoms with Crippen LogP contribution in [0, 0.1) is 6.92 Å². The second-order valence-electron chi connectivity index (χ2n) is 7.30. The number of fused-ring (bicyclic) bond motifs is 1. The average molecular weight is 434 g/mol. The fourth-order valence-corrected chi connectivity index (χ4v) is 3.75. The molecular weight excluding hydrogens is 410 g/mol. The highest BCUT2D eigenvalue weighted by Gasteiger charge is 2.14. The fourth-order valence-electron chi connectivity index (χ4n) is 3.53. The average Bonchev–Trinajstić information content (AvgIpc) is 3.14. The van der Waals surface area contributed by atoms with E-state index in [1.54, 1.807) is 24.3 Å². The fraction of sp³-hybridized carbons (Fsp3) is 0.200. The van der Waals surface area contributed by atoms with Crippen LogP contribution in [-0.4, -0.2) is 22.1 Å². The molecule has 0 spiro atoms. The van der Waals surface area contributed by atoms with Gasteiger partial charge in [-0.3, -0.25) is 4.79 Å². The van der Waals surface area contributed by atoms with Crippen molar-refractivity contribution in [2.45, 2.75) is 26.4 Å². The summed E-state index contributed by atoms with van der Waals surface area (Å²) in [4.78, 5) is 17.3. The SMILES string of the molecule is Cc1ccccc1OCCCn1c(CNC(=O)c2ccccc2Cl)nc2ccccc21. The van der Waals surface area contributed by atoms with Crippen LogP contribution in [0.2, 0.25) is 5.02 Å². The van der Waals surface area contributed by atoms with Crippen molar-refractivity contribution < 1.29 is 9.53 Å². The van der Waals surface area contributed by atoms with E-state index < -0.39 is 0 Å². The number of nitrogens with zero attached hydrogens (tertiary/aromatic N) is 2. The molecule has 5 nitrogen and oxygen atoms in total. The summed E-state index contributed by atoms with van der Waals surface area (Å²) in [5, 5.41) is 3.38. The third kappa shape index (κ3) is 4.89. The van der Waals surface area contributed by atoms with Gasteiger partial charge in [-0.2, -0.15) is 0 Å². The van der Waals surface area contributed by atoms with Crippen molar-refractivity contribution in [2.24, 2.45) is 0 Å². The van der Waals surface area contributed by atoms with Gasteiger partial charge in [0.2, 0.25) is 0 Å². The third-order valence-corrected chi connectivity index (χ3v) is 5.47. The molecule has 0 saturated heterocycles. The molecule has 4 rings (SSSR count). The minimum atomic E-state index is -0.216. The number of halogens is 1. The van der Waals surface area contributed by atoms with Gasteiger partial charge < -0.3 is 14.6 Å². The first-order chi connectivity index (χ1) is 15.1. The molecule has 0 radical (unpaired) electrons. The molecule has 4 aromatic rings. The van der Waals surface area contributed by atoms with E-state index in [9.17, 15) is 4.79 Å². The van der Waals surface area contributed by atoms with Gasteiger partial charge in [0.15, 0.2) is 0 Å². The van der Waals surface area contributed by atoms with Crippen LogP contribution in [0.5, 0.6) is 5.75 Å². The zero-order valence-electron chi connectivity index (χ0n) is 17.3. The van der Waals surface area contributed by atoms with Crippen molar-refractivity contribution in [3.8, 4) is 5.75 Å². The van der Waals surface area contributed by atoms with E-state index in [0.29, 0.717) is 23.7 Å². The highest BCUT2D eigenvalue weighted by molar-refractivity contribution is 6.33. The molecule has 0 aliphatic rings. The number of hydrogen-bond acceptors (Lipinski definition) is 3. The number of imidazole rings is 1. The molecule has 0 fully saturated rings. The smallest absolute Gasteiger partial charge is 0.253 e. The van der Waals surface area contributed by atoms with Crippen LogP contribution in [0.4, 0.5) is 0 Å². The highest BCUT2D eigenvalue weighted by Crippen LogP contribution is 2.19. The lowest BCUT2D eigenvalue weighted by atomic mass is 10.2. The maximum atomic E-state index is 12.6. The zero-order chi connectivity index (χ0) is 21.6. The van der Waals surface area contributed by atoms with Gasteiger partial charge in [0.25, 0.3) is 5.91 Å². The number of benzene rings is 3. The van der Waals surface area contributed by atoms with Crippen LogP contribution in [0.15, 0.2) is 72.8 Å². The van der Waals surface area contributed by atoms with Gasteiger partial charge in [0.1, 0.15) is 11.6 Å². The maximum absolute atomic E-state index is 12.6. The lowest BCUT2D eigenvalue weighted by molar-refractivity contribution is 0.0949. The molecule has 3 aromatic carbocycles. The van der Waals surface area contributed by atoms with Crippen molar-refractivity contribution in [3.05, 3.63) is 94.8 Å². The lowest BCUT2D eigenvalue weighted by Gasteiger charge is -2.12. The summed E-state index contributed by atoms with van der Waals surface area (Å²) in [6.45, 7) is 3.70. The molecule has 6 heteroatoms. The van der Waals surface area contributed by atoms with Crippen molar-refractivity contribution >= 4 is 28.5 Å². The van der Waals surface area contributed by atoms with Gasteiger partial charge >= 0.3 is 0 Å². The lowest BCUT2D eigenvalue weighted by Crippen LogP contribution is -2.25. The number of carbonyl (C=O) groups excluding carboxylic acids is 1. The van der Waals surface area contributed by atoms with Crippen LogP contribution < -0.4 is 10.1 Å². The predicted octanol–water partition coefficient (Wildman–Crippen LogP) is 5.40. The molecule has 0 saturated carbocycles. The molecule has 0 atom stereocenters. The van der Waals surface area contributed by atoms with Crippen LogP contribution in [0.3, 0.4) is 0 Å². The molecule has 31 heavy (non-hydrogen) atoms. The Hall–Kier alpha value is -3.31. The topological polar surface area (TPSA) is 56.1 Å². The van der Waals surface area contributed by atoms with Crippen LogP contribution in [0.1, 0.15) is 28.2 Å². The number of rotatable bonds is 8. The zero-order valence-corrected chi connectivity index (χ0v) is 18.1. The molecule has 1 heterocycles. The molecule has 1 aromatic heterocycles. The van der Waals surface area contributed by atoms with E-state index >= 15 is 0 Å². The monoisotopic (exact) mass is 433 g/mol. The highest BCUT2D eigenvalue weighted by atomic mass is 35.5. The molecule has 1 amide bonds. The first kappa shape index (κ1) is 20.9. The van der Waals surface area contributed by atoms with Crippen molar-refractivity contribution in [2.75, 3.05) is 6.61 Å². The minimum absolute atomic E-state index is 0.216. The summed E-state index contributed by atoms with van der Waals surface area (Å²) in [6, 6.07) is 23.0. The second-order valence-corrected chi connectivity index (χ2v) is 7.71. The van der Waals surface area contributed by atoms with Gasteiger partial charge in [0.05, 0.1) is 34.8 Å². The molecule has 0 aliphatic heterocycles. The van der Waals surface area contributed by atoms with Crippen LogP contribution in [-0.2, 0) is 13.1 Å². The number of hydrogen-bond donors (Lipinski definition) is 1. The summed E-state index contributed by atoms with van der Waals surface area (Å²) in [6.07, 6.45) is 0.820. The van der Waals surface area contributed by atoms with Gasteiger partial charge in [-0.05, 0) is 49.2 Å². The van der Waals surface area contributed by atoms with Crippen molar-refractivity contribution in [1.29, 1.82) is 0 Å². The Kier molecular flexibility index (Phi) is 6.53. The van der Waals surface area contributed by atoms with E-state index in [4.69, 9.17) is 21.3 Å². The van der Waals surface area contributed by atoms with E-state index in [2.05, 4.69) is 9.88 Å². The number of para-hydroxylation sites is 3. The first-order valence-electron chi connectivity index (χ1n) is 10.3. The maximum Gasteiger partial charge on any atom is 0.253 e. The van der Waals surface area contributed by atoms with Gasteiger partial charge in [-0.15, -0.1) is 0 Å². The molecule has 0 bridgehead atoms. The number of ether oxygens (including phenoxy) is 1. The Balaban J connectivity index is 1.45. The summed E-state index contributed by atoms with van der Waals surface area (Å²) in [7, 11) is 0. The van der Waals surface area contributed by atoms with E-state index in [1.807, 2.05) is 55.5 Å². The summed E-state index contributed by atoms with van der Waals surface area (Å²) < 4.78 is 8.08.